The molecule has 0 bridgehead atoms. The van der Waals surface area contributed by atoms with Gasteiger partial charge in [0.1, 0.15) is 5.82 Å². The molecule has 2 N–H and O–H groups in total. The van der Waals surface area contributed by atoms with Crippen molar-refractivity contribution in [2.75, 3.05) is 11.4 Å². The van der Waals surface area contributed by atoms with E-state index in [0.717, 1.165) is 18.1 Å². The van der Waals surface area contributed by atoms with Crippen LogP contribution in [0.5, 0.6) is 5.88 Å². The lowest BCUT2D eigenvalue weighted by Crippen LogP contribution is -2.41. The van der Waals surface area contributed by atoms with E-state index in [1.165, 1.54) is 12.3 Å². The second-order valence-corrected chi connectivity index (χ2v) is 11.8. The fourth-order valence-electron chi connectivity index (χ4n) is 4.64. The van der Waals surface area contributed by atoms with Crippen LogP contribution in [0.3, 0.4) is 0 Å². The molecule has 1 atom stereocenters. The molecule has 10 nitrogen and oxygen atoms in total. The number of carbonyl (C=O) groups excluding carboxylic acids is 1. The van der Waals surface area contributed by atoms with Crippen molar-refractivity contribution in [1.29, 1.82) is 0 Å². The van der Waals surface area contributed by atoms with E-state index in [4.69, 9.17) is 9.72 Å². The Bertz CT molecular complexity index is 1470. The van der Waals surface area contributed by atoms with Crippen LogP contribution in [-0.4, -0.2) is 47.5 Å². The smallest absolute Gasteiger partial charge is 0.269 e. The highest BCUT2D eigenvalue weighted by Gasteiger charge is 2.39. The summed E-state index contributed by atoms with van der Waals surface area (Å²) in [6.45, 7) is 10.7. The average Bonchev–Trinajstić information content (AvgIpc) is 3.10. The molecule has 0 spiro atoms. The second kappa shape index (κ2) is 9.97. The molecule has 0 aromatic carbocycles. The number of nitrogens with zero attached hydrogens (tertiary/aromatic N) is 3. The van der Waals surface area contributed by atoms with Crippen molar-refractivity contribution in [3.05, 3.63) is 64.7 Å². The normalized spacial score (nSPS) is 17.1. The zero-order valence-corrected chi connectivity index (χ0v) is 22.3. The zero-order valence-electron chi connectivity index (χ0n) is 21.5. The minimum absolute atomic E-state index is 0.0111. The molecule has 11 heteroatoms. The highest BCUT2D eigenvalue weighted by atomic mass is 32.2. The summed E-state index contributed by atoms with van der Waals surface area (Å²) >= 11 is 0. The van der Waals surface area contributed by atoms with Gasteiger partial charge in [-0.1, -0.05) is 6.92 Å². The first-order valence-corrected chi connectivity index (χ1v) is 13.5. The van der Waals surface area contributed by atoms with Crippen molar-refractivity contribution >= 4 is 21.7 Å². The molecule has 1 aliphatic rings. The van der Waals surface area contributed by atoms with Gasteiger partial charge in [0.05, 0.1) is 17.4 Å². The van der Waals surface area contributed by atoms with Gasteiger partial charge in [-0.05, 0) is 70.4 Å². The highest BCUT2D eigenvalue weighted by Crippen LogP contribution is 2.38. The van der Waals surface area contributed by atoms with Crippen LogP contribution in [0.25, 0.3) is 11.3 Å². The third kappa shape index (κ3) is 5.66. The Labute approximate surface area is 216 Å². The number of aromatic nitrogens is 3. The number of carbonyl (C=O) groups is 1. The number of amides is 1. The van der Waals surface area contributed by atoms with Gasteiger partial charge in [-0.2, -0.15) is 0 Å². The van der Waals surface area contributed by atoms with Gasteiger partial charge in [0.15, 0.2) is 4.90 Å². The van der Waals surface area contributed by atoms with E-state index >= 15 is 0 Å². The van der Waals surface area contributed by atoms with Crippen molar-refractivity contribution in [2.45, 2.75) is 57.6 Å². The second-order valence-electron chi connectivity index (χ2n) is 10.1. The van der Waals surface area contributed by atoms with Crippen LogP contribution in [-0.2, 0) is 10.0 Å². The fraction of sp³-hybridized carbons (Fsp3) is 0.385. The first-order chi connectivity index (χ1) is 17.4. The summed E-state index contributed by atoms with van der Waals surface area (Å²) in [7, 11) is -4.41. The van der Waals surface area contributed by atoms with Crippen LogP contribution in [0.1, 0.15) is 51.4 Å². The Hall–Kier alpha value is -3.73. The molecule has 196 valence electrons. The molecule has 1 fully saturated rings. The van der Waals surface area contributed by atoms with Crippen LogP contribution in [0, 0.1) is 5.92 Å². The SMILES string of the molecule is CC(C)Oc1ccc(-c2ccc(C(=O)NS(=O)(=O)c3ccc[nH]c3=O)c(N3C[C@@H](C)CC3(C)C)n2)cn1. The molecular formula is C26H31N5O5S. The highest BCUT2D eigenvalue weighted by molar-refractivity contribution is 7.90. The lowest BCUT2D eigenvalue weighted by Gasteiger charge is -2.34. The molecule has 1 saturated heterocycles. The molecule has 0 unspecified atom stereocenters. The summed E-state index contributed by atoms with van der Waals surface area (Å²) in [6.07, 6.45) is 3.83. The molecule has 3 aromatic heterocycles. The van der Waals surface area contributed by atoms with E-state index in [2.05, 4.69) is 30.7 Å². The predicted molar refractivity (Wildman–Crippen MR) is 140 cm³/mol. The summed E-state index contributed by atoms with van der Waals surface area (Å²) in [5, 5.41) is 0. The average molecular weight is 526 g/mol. The maximum Gasteiger partial charge on any atom is 0.269 e. The van der Waals surface area contributed by atoms with E-state index < -0.39 is 26.4 Å². The van der Waals surface area contributed by atoms with Crippen LogP contribution >= 0.6 is 0 Å². The van der Waals surface area contributed by atoms with Crippen molar-refractivity contribution in [1.82, 2.24) is 19.7 Å². The van der Waals surface area contributed by atoms with Gasteiger partial charge in [-0.25, -0.2) is 23.1 Å². The Balaban J connectivity index is 1.75. The Morgan fingerprint density at radius 3 is 2.57 bits per heavy atom. The molecule has 0 saturated carbocycles. The Kier molecular flexibility index (Phi) is 7.09. The molecule has 0 aliphatic carbocycles. The maximum absolute atomic E-state index is 13.3. The number of aromatic amines is 1. The fourth-order valence-corrected chi connectivity index (χ4v) is 5.67. The van der Waals surface area contributed by atoms with E-state index in [-0.39, 0.29) is 17.2 Å². The minimum Gasteiger partial charge on any atom is -0.475 e. The number of H-pyrrole nitrogens is 1. The Morgan fingerprint density at radius 1 is 1.22 bits per heavy atom. The van der Waals surface area contributed by atoms with E-state index in [1.807, 2.05) is 29.5 Å². The van der Waals surface area contributed by atoms with Gasteiger partial charge in [-0.3, -0.25) is 9.59 Å². The van der Waals surface area contributed by atoms with Gasteiger partial charge < -0.3 is 14.6 Å². The minimum atomic E-state index is -4.41. The van der Waals surface area contributed by atoms with Crippen LogP contribution in [0.15, 0.2) is 58.5 Å². The number of sulfonamides is 1. The van der Waals surface area contributed by atoms with Crippen molar-refractivity contribution in [2.24, 2.45) is 5.92 Å². The molecular weight excluding hydrogens is 494 g/mol. The summed E-state index contributed by atoms with van der Waals surface area (Å²) in [5.74, 6) is 0.332. The lowest BCUT2D eigenvalue weighted by atomic mass is 9.97. The molecule has 1 aliphatic heterocycles. The van der Waals surface area contributed by atoms with Gasteiger partial charge in [0.25, 0.3) is 21.5 Å². The first-order valence-electron chi connectivity index (χ1n) is 12.0. The van der Waals surface area contributed by atoms with Crippen LogP contribution < -0.4 is 19.9 Å². The summed E-state index contributed by atoms with van der Waals surface area (Å²) < 4.78 is 33.3. The quantitative estimate of drug-likeness (QED) is 0.480. The number of rotatable bonds is 7. The molecule has 1 amide bonds. The number of hydrogen-bond acceptors (Lipinski definition) is 8. The summed E-state index contributed by atoms with van der Waals surface area (Å²) in [6, 6.07) is 9.30. The van der Waals surface area contributed by atoms with Gasteiger partial charge in [-0.15, -0.1) is 0 Å². The third-order valence-electron chi connectivity index (χ3n) is 6.14. The first kappa shape index (κ1) is 26.3. The number of hydrogen-bond donors (Lipinski definition) is 2. The van der Waals surface area contributed by atoms with E-state index in [1.54, 1.807) is 24.4 Å². The summed E-state index contributed by atoms with van der Waals surface area (Å²) in [4.78, 5) is 38.3. The number of nitrogens with one attached hydrogen (secondary N) is 2. The van der Waals surface area contributed by atoms with Crippen LogP contribution in [0.4, 0.5) is 5.82 Å². The third-order valence-corrected chi connectivity index (χ3v) is 7.49. The molecule has 0 radical (unpaired) electrons. The van der Waals surface area contributed by atoms with Crippen molar-refractivity contribution in [3.63, 3.8) is 0 Å². The lowest BCUT2D eigenvalue weighted by molar-refractivity contribution is 0.0981. The van der Waals surface area contributed by atoms with Crippen molar-refractivity contribution < 1.29 is 17.9 Å². The largest absolute Gasteiger partial charge is 0.475 e. The standard InChI is InChI=1S/C26H31N5O5S/c1-16(2)36-22-11-8-18(14-28-22)20-10-9-19(23(29-20)31-15-17(3)13-26(31,4)5)24(32)30-37(34,35)21-7-6-12-27-25(21)33/h6-12,14,16-17H,13,15H2,1-5H3,(H,27,33)(H,30,32)/t17-/m0/s1. The van der Waals surface area contributed by atoms with E-state index in [0.29, 0.717) is 29.9 Å². The zero-order chi connectivity index (χ0) is 27.0. The maximum atomic E-state index is 13.3. The predicted octanol–water partition coefficient (Wildman–Crippen LogP) is 3.36. The van der Waals surface area contributed by atoms with Gasteiger partial charge in [0, 0.05) is 36.1 Å². The van der Waals surface area contributed by atoms with Crippen molar-refractivity contribution in [3.8, 4) is 17.1 Å². The van der Waals surface area contributed by atoms with Crippen LogP contribution in [0.2, 0.25) is 0 Å². The van der Waals surface area contributed by atoms with Gasteiger partial charge >= 0.3 is 0 Å². The number of pyridine rings is 3. The molecule has 4 heterocycles. The van der Waals surface area contributed by atoms with E-state index in [9.17, 15) is 18.0 Å². The number of anilines is 1. The monoisotopic (exact) mass is 525 g/mol. The summed E-state index contributed by atoms with van der Waals surface area (Å²) in [5.41, 5.74) is 0.256. The van der Waals surface area contributed by atoms with Gasteiger partial charge in [0.2, 0.25) is 5.88 Å². The molecule has 4 rings (SSSR count). The molecule has 37 heavy (non-hydrogen) atoms. The number of ether oxygens (including phenoxy) is 1. The topological polar surface area (TPSA) is 134 Å². The molecule has 3 aromatic rings. The Morgan fingerprint density at radius 2 is 1.97 bits per heavy atom.